The van der Waals surface area contributed by atoms with E-state index in [1.54, 1.807) is 11.3 Å². The highest BCUT2D eigenvalue weighted by Crippen LogP contribution is 2.37. The van der Waals surface area contributed by atoms with Gasteiger partial charge in [-0.1, -0.05) is 140 Å². The van der Waals surface area contributed by atoms with E-state index in [2.05, 4.69) is 158 Å². The molecule has 3 nitrogen and oxygen atoms in total. The van der Waals surface area contributed by atoms with Crippen LogP contribution < -0.4 is 0 Å². The van der Waals surface area contributed by atoms with Gasteiger partial charge in [0.1, 0.15) is 0 Å². The molecule has 0 bridgehead atoms. The van der Waals surface area contributed by atoms with E-state index >= 15 is 0 Å². The fraction of sp³-hybridized carbons (Fsp3) is 0. The molecule has 2 aromatic heterocycles. The molecule has 0 unspecified atom stereocenters. The maximum atomic E-state index is 5.19. The van der Waals surface area contributed by atoms with Crippen molar-refractivity contribution >= 4 is 31.5 Å². The Morgan fingerprint density at radius 3 is 1.33 bits per heavy atom. The van der Waals surface area contributed by atoms with Gasteiger partial charge >= 0.3 is 0 Å². The Morgan fingerprint density at radius 2 is 0.694 bits per heavy atom. The Kier molecular flexibility index (Phi) is 7.34. The van der Waals surface area contributed by atoms with Gasteiger partial charge in [0.05, 0.1) is 0 Å². The van der Waals surface area contributed by atoms with Gasteiger partial charge in [0.25, 0.3) is 0 Å². The third-order valence-corrected chi connectivity index (χ3v) is 10.0. The number of rotatable bonds is 6. The number of nitrogens with zero attached hydrogens (tertiary/aromatic N) is 3. The first-order valence-corrected chi connectivity index (χ1v) is 17.2. The summed E-state index contributed by atoms with van der Waals surface area (Å²) >= 11 is 1.80. The minimum absolute atomic E-state index is 0.636. The zero-order chi connectivity index (χ0) is 32.6. The summed E-state index contributed by atoms with van der Waals surface area (Å²) in [5, 5.41) is 2.52. The molecule has 7 aromatic carbocycles. The number of hydrogen-bond acceptors (Lipinski definition) is 4. The summed E-state index contributed by atoms with van der Waals surface area (Å²) in [6, 6.07) is 61.6. The van der Waals surface area contributed by atoms with Crippen molar-refractivity contribution < 1.29 is 0 Å². The fourth-order valence-electron chi connectivity index (χ4n) is 6.45. The van der Waals surface area contributed by atoms with E-state index in [-0.39, 0.29) is 0 Å². The van der Waals surface area contributed by atoms with Gasteiger partial charge in [-0.2, -0.15) is 0 Å². The lowest BCUT2D eigenvalue weighted by atomic mass is 9.96. The molecular formula is C45H29N3S. The second-order valence-electron chi connectivity index (χ2n) is 12.1. The molecule has 4 heteroatoms. The molecule has 49 heavy (non-hydrogen) atoms. The van der Waals surface area contributed by atoms with Crippen molar-refractivity contribution in [3.8, 4) is 67.5 Å². The monoisotopic (exact) mass is 643 g/mol. The smallest absolute Gasteiger partial charge is 0.164 e. The van der Waals surface area contributed by atoms with Crippen molar-refractivity contribution in [3.63, 3.8) is 0 Å². The van der Waals surface area contributed by atoms with Crippen molar-refractivity contribution in [2.45, 2.75) is 0 Å². The maximum absolute atomic E-state index is 5.19. The summed E-state index contributed by atoms with van der Waals surface area (Å²) in [6.45, 7) is 0. The molecule has 9 aromatic rings. The van der Waals surface area contributed by atoms with E-state index in [1.807, 2.05) is 18.2 Å². The zero-order valence-corrected chi connectivity index (χ0v) is 27.3. The van der Waals surface area contributed by atoms with Gasteiger partial charge in [0.2, 0.25) is 0 Å². The summed E-state index contributed by atoms with van der Waals surface area (Å²) in [4.78, 5) is 15.5. The second kappa shape index (κ2) is 12.4. The third-order valence-electron chi connectivity index (χ3n) is 8.91. The first-order chi connectivity index (χ1) is 24.2. The molecular weight excluding hydrogens is 615 g/mol. The Balaban J connectivity index is 1.26. The molecule has 0 amide bonds. The highest BCUT2D eigenvalue weighted by atomic mass is 32.1. The number of thiophene rings is 1. The molecule has 230 valence electrons. The molecule has 0 aliphatic carbocycles. The first kappa shape index (κ1) is 29.0. The summed E-state index contributed by atoms with van der Waals surface area (Å²) in [7, 11) is 0. The van der Waals surface area contributed by atoms with Crippen LogP contribution in [0.25, 0.3) is 87.7 Å². The van der Waals surface area contributed by atoms with Gasteiger partial charge in [-0.3, -0.25) is 0 Å². The van der Waals surface area contributed by atoms with E-state index in [0.29, 0.717) is 17.5 Å². The average molecular weight is 644 g/mol. The van der Waals surface area contributed by atoms with E-state index < -0.39 is 0 Å². The quantitative estimate of drug-likeness (QED) is 0.181. The lowest BCUT2D eigenvalue weighted by Gasteiger charge is -2.13. The molecule has 0 aliphatic heterocycles. The van der Waals surface area contributed by atoms with Crippen molar-refractivity contribution in [1.29, 1.82) is 0 Å². The number of aromatic nitrogens is 3. The van der Waals surface area contributed by atoms with Gasteiger partial charge in [-0.15, -0.1) is 11.3 Å². The average Bonchev–Trinajstić information content (AvgIpc) is 3.57. The lowest BCUT2D eigenvalue weighted by Crippen LogP contribution is -2.01. The van der Waals surface area contributed by atoms with Gasteiger partial charge in [-0.05, 0) is 69.8 Å². The van der Waals surface area contributed by atoms with Crippen molar-refractivity contribution in [2.75, 3.05) is 0 Å². The van der Waals surface area contributed by atoms with Crippen LogP contribution in [0.15, 0.2) is 176 Å². The normalized spacial score (nSPS) is 11.3. The molecule has 0 spiro atoms. The molecule has 0 atom stereocenters. The van der Waals surface area contributed by atoms with Gasteiger partial charge in [-0.25, -0.2) is 15.0 Å². The van der Waals surface area contributed by atoms with E-state index in [0.717, 1.165) is 50.1 Å². The van der Waals surface area contributed by atoms with Gasteiger partial charge < -0.3 is 0 Å². The largest absolute Gasteiger partial charge is 0.208 e. The first-order valence-electron chi connectivity index (χ1n) is 16.4. The fourth-order valence-corrected chi connectivity index (χ4v) is 7.59. The zero-order valence-electron chi connectivity index (χ0n) is 26.5. The second-order valence-corrected chi connectivity index (χ2v) is 13.2. The van der Waals surface area contributed by atoms with Crippen LogP contribution in [0, 0.1) is 0 Å². The molecule has 0 fully saturated rings. The SMILES string of the molecule is c1ccc(-c2cccc(-c3nc(-c4cc(-c5ccccc5)cc(-c5ccccc5)c4)nc(-c4ccc5c(c4)sc4ccccc45)n3)c2)cc1. The topological polar surface area (TPSA) is 38.7 Å². The third kappa shape index (κ3) is 5.69. The number of hydrogen-bond donors (Lipinski definition) is 0. The van der Waals surface area contributed by atoms with E-state index in [1.165, 1.54) is 20.2 Å². The van der Waals surface area contributed by atoms with Crippen LogP contribution in [0.4, 0.5) is 0 Å². The minimum atomic E-state index is 0.636. The number of fused-ring (bicyclic) bond motifs is 3. The van der Waals surface area contributed by atoms with Crippen LogP contribution in [0.2, 0.25) is 0 Å². The highest BCUT2D eigenvalue weighted by molar-refractivity contribution is 7.25. The molecule has 0 aliphatic rings. The predicted molar refractivity (Wildman–Crippen MR) is 205 cm³/mol. The Hall–Kier alpha value is -6.23. The molecule has 0 saturated heterocycles. The van der Waals surface area contributed by atoms with E-state index in [4.69, 9.17) is 15.0 Å². The Morgan fingerprint density at radius 1 is 0.265 bits per heavy atom. The Bertz CT molecular complexity index is 2540. The van der Waals surface area contributed by atoms with Crippen LogP contribution in [-0.2, 0) is 0 Å². The molecule has 2 heterocycles. The van der Waals surface area contributed by atoms with Crippen LogP contribution >= 0.6 is 11.3 Å². The highest BCUT2D eigenvalue weighted by Gasteiger charge is 2.16. The van der Waals surface area contributed by atoms with Crippen molar-refractivity contribution in [1.82, 2.24) is 15.0 Å². The van der Waals surface area contributed by atoms with Crippen molar-refractivity contribution in [3.05, 3.63) is 176 Å². The molecule has 0 saturated carbocycles. The lowest BCUT2D eigenvalue weighted by molar-refractivity contribution is 1.07. The van der Waals surface area contributed by atoms with Crippen LogP contribution in [0.3, 0.4) is 0 Å². The number of benzene rings is 7. The van der Waals surface area contributed by atoms with Crippen LogP contribution in [0.1, 0.15) is 0 Å². The van der Waals surface area contributed by atoms with Gasteiger partial charge in [0, 0.05) is 36.9 Å². The summed E-state index contributed by atoms with van der Waals surface area (Å²) in [5.74, 6) is 1.92. The van der Waals surface area contributed by atoms with E-state index in [9.17, 15) is 0 Å². The van der Waals surface area contributed by atoms with Crippen molar-refractivity contribution in [2.24, 2.45) is 0 Å². The molecule has 0 radical (unpaired) electrons. The molecule has 9 rings (SSSR count). The van der Waals surface area contributed by atoms with Crippen LogP contribution in [0.5, 0.6) is 0 Å². The predicted octanol–water partition coefficient (Wildman–Crippen LogP) is 12.2. The van der Waals surface area contributed by atoms with Gasteiger partial charge in [0.15, 0.2) is 17.5 Å². The Labute approximate surface area is 288 Å². The standard InChI is InChI=1S/C45H29N3S/c1-4-13-30(14-5-1)33-19-12-20-34(25-33)43-46-44(35-23-24-40-39-21-10-11-22-41(39)49-42(40)29-35)48-45(47-43)38-27-36(31-15-6-2-7-16-31)26-37(28-38)32-17-8-3-9-18-32/h1-29H. The minimum Gasteiger partial charge on any atom is -0.208 e. The molecule has 0 N–H and O–H groups in total. The van der Waals surface area contributed by atoms with Crippen LogP contribution in [-0.4, -0.2) is 15.0 Å². The summed E-state index contributed by atoms with van der Waals surface area (Å²) < 4.78 is 2.49. The maximum Gasteiger partial charge on any atom is 0.164 e. The summed E-state index contributed by atoms with van der Waals surface area (Å²) in [6.07, 6.45) is 0. The summed E-state index contributed by atoms with van der Waals surface area (Å²) in [5.41, 5.74) is 9.61.